The maximum atomic E-state index is 10.9. The summed E-state index contributed by atoms with van der Waals surface area (Å²) < 4.78 is 0. The third kappa shape index (κ3) is 5.19. The van der Waals surface area contributed by atoms with E-state index in [1.165, 1.54) is 6.08 Å². The van der Waals surface area contributed by atoms with Crippen LogP contribution in [0.25, 0.3) is 6.08 Å². The summed E-state index contributed by atoms with van der Waals surface area (Å²) in [6, 6.07) is 7.34. The van der Waals surface area contributed by atoms with E-state index in [4.69, 9.17) is 10.4 Å². The molecule has 0 saturated heterocycles. The molecule has 0 amide bonds. The normalized spacial score (nSPS) is 10.8. The Morgan fingerprint density at radius 1 is 1.29 bits per heavy atom. The third-order valence-corrected chi connectivity index (χ3v) is 2.85. The van der Waals surface area contributed by atoms with E-state index in [2.05, 4.69) is 24.5 Å². The number of nitriles is 1. The monoisotopic (exact) mass is 287 g/mol. The average Bonchev–Trinajstić information content (AvgIpc) is 2.49. The predicted octanol–water partition coefficient (Wildman–Crippen LogP) is 3.32. The molecule has 0 fully saturated rings. The van der Waals surface area contributed by atoms with E-state index in [0.29, 0.717) is 5.56 Å². The van der Waals surface area contributed by atoms with Crippen LogP contribution >= 0.6 is 0 Å². The molecule has 0 unspecified atom stereocenters. The van der Waals surface area contributed by atoms with E-state index in [-0.39, 0.29) is 5.57 Å². The molecule has 0 heterocycles. The summed E-state index contributed by atoms with van der Waals surface area (Å²) in [5.41, 5.74) is 2.22. The van der Waals surface area contributed by atoms with Crippen LogP contribution in [-0.2, 0) is 4.79 Å². The lowest BCUT2D eigenvalue weighted by molar-refractivity contribution is -0.132. The smallest absolute Gasteiger partial charge is 0.346 e. The van der Waals surface area contributed by atoms with Gasteiger partial charge in [0.2, 0.25) is 0 Å². The first-order valence-corrected chi connectivity index (χ1v) is 7.09. The zero-order valence-corrected chi connectivity index (χ0v) is 12.4. The Morgan fingerprint density at radius 2 is 1.95 bits per heavy atom. The zero-order valence-electron chi connectivity index (χ0n) is 12.4. The number of aliphatic carboxylic acids is 1. The molecular weight excluding hydrogens is 266 g/mol. The average molecular weight is 287 g/mol. The van der Waals surface area contributed by atoms with Gasteiger partial charge in [-0.25, -0.2) is 4.79 Å². The first-order chi connectivity index (χ1) is 10.1. The van der Waals surface area contributed by atoms with E-state index >= 15 is 0 Å². The van der Waals surface area contributed by atoms with Crippen LogP contribution in [0.4, 0.5) is 11.4 Å². The molecule has 0 atom stereocenters. The van der Waals surface area contributed by atoms with E-state index in [9.17, 15) is 4.79 Å². The largest absolute Gasteiger partial charge is 0.477 e. The highest BCUT2D eigenvalue weighted by atomic mass is 16.4. The van der Waals surface area contributed by atoms with Crippen molar-refractivity contribution in [3.05, 3.63) is 29.3 Å². The van der Waals surface area contributed by atoms with Gasteiger partial charge in [0.25, 0.3) is 0 Å². The third-order valence-electron chi connectivity index (χ3n) is 2.85. The molecular formula is C16H21N3O2. The van der Waals surface area contributed by atoms with Gasteiger partial charge >= 0.3 is 5.97 Å². The van der Waals surface area contributed by atoms with E-state index in [1.54, 1.807) is 6.07 Å². The van der Waals surface area contributed by atoms with Crippen molar-refractivity contribution in [3.63, 3.8) is 0 Å². The number of nitrogens with zero attached hydrogens (tertiary/aromatic N) is 1. The van der Waals surface area contributed by atoms with Gasteiger partial charge in [-0.3, -0.25) is 0 Å². The summed E-state index contributed by atoms with van der Waals surface area (Å²) in [5.74, 6) is -1.22. The molecule has 5 heteroatoms. The molecule has 1 rings (SSSR count). The quantitative estimate of drug-likeness (QED) is 0.504. The fourth-order valence-electron chi connectivity index (χ4n) is 1.77. The van der Waals surface area contributed by atoms with Crippen LogP contribution < -0.4 is 10.6 Å². The number of anilines is 2. The van der Waals surface area contributed by atoms with Gasteiger partial charge < -0.3 is 15.7 Å². The van der Waals surface area contributed by atoms with Crippen molar-refractivity contribution in [2.75, 3.05) is 23.7 Å². The second kappa shape index (κ2) is 8.64. The van der Waals surface area contributed by atoms with Crippen LogP contribution in [0.1, 0.15) is 32.3 Å². The number of carboxylic acid groups (broad SMARTS) is 1. The minimum atomic E-state index is -1.22. The number of benzene rings is 1. The van der Waals surface area contributed by atoms with Crippen LogP contribution in [0.3, 0.4) is 0 Å². The van der Waals surface area contributed by atoms with E-state index < -0.39 is 5.97 Å². The van der Waals surface area contributed by atoms with Gasteiger partial charge in [0.15, 0.2) is 0 Å². The van der Waals surface area contributed by atoms with Crippen molar-refractivity contribution in [1.82, 2.24) is 0 Å². The molecule has 0 bridgehead atoms. The van der Waals surface area contributed by atoms with Crippen LogP contribution in [0, 0.1) is 11.3 Å². The molecule has 3 N–H and O–H groups in total. The molecule has 0 spiro atoms. The lowest BCUT2D eigenvalue weighted by atomic mass is 10.1. The van der Waals surface area contributed by atoms with Crippen LogP contribution in [0.15, 0.2) is 23.8 Å². The number of nitrogens with one attached hydrogen (secondary N) is 2. The predicted molar refractivity (Wildman–Crippen MR) is 85.2 cm³/mol. The Morgan fingerprint density at radius 3 is 2.52 bits per heavy atom. The van der Waals surface area contributed by atoms with Gasteiger partial charge in [-0.05, 0) is 36.6 Å². The van der Waals surface area contributed by atoms with Crippen LogP contribution in [-0.4, -0.2) is 24.2 Å². The van der Waals surface area contributed by atoms with Gasteiger partial charge in [0.1, 0.15) is 11.6 Å². The topological polar surface area (TPSA) is 85.2 Å². The number of hydrogen-bond acceptors (Lipinski definition) is 4. The fraction of sp³-hybridized carbons (Fsp3) is 0.375. The first-order valence-electron chi connectivity index (χ1n) is 7.09. The van der Waals surface area contributed by atoms with Gasteiger partial charge in [0.05, 0.1) is 0 Å². The number of rotatable bonds is 8. The highest BCUT2D eigenvalue weighted by Gasteiger charge is 2.08. The number of carboxylic acids is 1. The van der Waals surface area contributed by atoms with Crippen molar-refractivity contribution >= 4 is 23.4 Å². The van der Waals surface area contributed by atoms with Crippen LogP contribution in [0.2, 0.25) is 0 Å². The Kier molecular flexibility index (Phi) is 6.82. The molecule has 5 nitrogen and oxygen atoms in total. The minimum absolute atomic E-state index is 0.274. The van der Waals surface area contributed by atoms with Crippen molar-refractivity contribution in [3.8, 4) is 6.07 Å². The van der Waals surface area contributed by atoms with Crippen molar-refractivity contribution in [2.45, 2.75) is 26.7 Å². The summed E-state index contributed by atoms with van der Waals surface area (Å²) >= 11 is 0. The zero-order chi connectivity index (χ0) is 15.7. The van der Waals surface area contributed by atoms with Gasteiger partial charge in [-0.2, -0.15) is 5.26 Å². The van der Waals surface area contributed by atoms with Gasteiger partial charge in [0, 0.05) is 24.5 Å². The molecule has 0 aliphatic carbocycles. The molecule has 0 aliphatic heterocycles. The fourth-order valence-corrected chi connectivity index (χ4v) is 1.77. The SMILES string of the molecule is CCCNc1ccc(C=C(C#N)C(=O)O)c(NCCC)c1. The first kappa shape index (κ1) is 16.6. The summed E-state index contributed by atoms with van der Waals surface area (Å²) in [5, 5.41) is 24.4. The molecule has 0 radical (unpaired) electrons. The number of hydrogen-bond donors (Lipinski definition) is 3. The van der Waals surface area contributed by atoms with E-state index in [1.807, 2.05) is 18.2 Å². The van der Waals surface area contributed by atoms with Crippen LogP contribution in [0.5, 0.6) is 0 Å². The van der Waals surface area contributed by atoms with Gasteiger partial charge in [-0.1, -0.05) is 19.9 Å². The highest BCUT2D eigenvalue weighted by molar-refractivity contribution is 5.97. The molecule has 21 heavy (non-hydrogen) atoms. The number of carbonyl (C=O) groups is 1. The second-order valence-electron chi connectivity index (χ2n) is 4.63. The highest BCUT2D eigenvalue weighted by Crippen LogP contribution is 2.23. The molecule has 1 aromatic rings. The van der Waals surface area contributed by atoms with Crippen molar-refractivity contribution < 1.29 is 9.90 Å². The molecule has 1 aromatic carbocycles. The minimum Gasteiger partial charge on any atom is -0.477 e. The molecule has 0 saturated carbocycles. The maximum absolute atomic E-state index is 10.9. The Balaban J connectivity index is 3.12. The summed E-state index contributed by atoms with van der Waals surface area (Å²) in [4.78, 5) is 10.9. The lowest BCUT2D eigenvalue weighted by Gasteiger charge is -2.12. The molecule has 0 aromatic heterocycles. The maximum Gasteiger partial charge on any atom is 0.346 e. The molecule has 0 aliphatic rings. The van der Waals surface area contributed by atoms with Crippen molar-refractivity contribution in [2.24, 2.45) is 0 Å². The summed E-state index contributed by atoms with van der Waals surface area (Å²) in [7, 11) is 0. The molecule has 112 valence electrons. The Labute approximate surface area is 125 Å². The van der Waals surface area contributed by atoms with Crippen molar-refractivity contribution in [1.29, 1.82) is 5.26 Å². The standard InChI is InChI=1S/C16H21N3O2/c1-3-7-18-14-6-5-12(9-13(11-17)16(20)21)15(10-14)19-8-4-2/h5-6,9-10,18-19H,3-4,7-8H2,1-2H3,(H,20,21). The second-order valence-corrected chi connectivity index (χ2v) is 4.63. The summed E-state index contributed by atoms with van der Waals surface area (Å²) in [6.45, 7) is 5.81. The lowest BCUT2D eigenvalue weighted by Crippen LogP contribution is -2.05. The summed E-state index contributed by atoms with van der Waals surface area (Å²) in [6.07, 6.45) is 3.38. The van der Waals surface area contributed by atoms with E-state index in [0.717, 1.165) is 37.3 Å². The Bertz CT molecular complexity index is 559. The Hall–Kier alpha value is -2.48. The van der Waals surface area contributed by atoms with Gasteiger partial charge in [-0.15, -0.1) is 0 Å².